The fourth-order valence-corrected chi connectivity index (χ4v) is 2.39. The fraction of sp³-hybridized carbons (Fsp3) is 0.250. The molecule has 1 atom stereocenters. The molecule has 2 aromatic carbocycles. The largest absolute Gasteiger partial charge is 0.485 e. The zero-order valence-corrected chi connectivity index (χ0v) is 12.5. The minimum absolute atomic E-state index is 0. The van der Waals surface area contributed by atoms with Gasteiger partial charge in [0.05, 0.1) is 0 Å². The summed E-state index contributed by atoms with van der Waals surface area (Å²) in [7, 11) is 0. The molecule has 3 rings (SSSR count). The summed E-state index contributed by atoms with van der Waals surface area (Å²) in [6, 6.07) is 17.9. The first-order chi connectivity index (χ1) is 9.33. The summed E-state index contributed by atoms with van der Waals surface area (Å²) in [6.45, 7) is 2.00. The first-order valence-electron chi connectivity index (χ1n) is 6.51. The van der Waals surface area contributed by atoms with E-state index in [1.165, 1.54) is 5.56 Å². The van der Waals surface area contributed by atoms with Gasteiger partial charge in [0.1, 0.15) is 11.9 Å². The predicted molar refractivity (Wildman–Crippen MR) is 84.9 cm³/mol. The average Bonchev–Trinajstić information content (AvgIpc) is 2.38. The van der Waals surface area contributed by atoms with E-state index in [1.54, 1.807) is 0 Å². The van der Waals surface area contributed by atoms with Crippen molar-refractivity contribution < 1.29 is 4.74 Å². The van der Waals surface area contributed by atoms with Crippen LogP contribution in [0, 0.1) is 5.92 Å². The maximum Gasteiger partial charge on any atom is 0.129 e. The van der Waals surface area contributed by atoms with E-state index in [0.29, 0.717) is 5.92 Å². The van der Waals surface area contributed by atoms with Crippen LogP contribution in [0.15, 0.2) is 54.6 Å². The van der Waals surface area contributed by atoms with Crippen LogP contribution in [-0.4, -0.2) is 13.1 Å². The molecule has 1 saturated heterocycles. The molecule has 1 N–H and O–H groups in total. The van der Waals surface area contributed by atoms with Crippen LogP contribution < -0.4 is 10.1 Å². The molecule has 0 saturated carbocycles. The minimum atomic E-state index is 0. The van der Waals surface area contributed by atoms with Crippen LogP contribution in [0.4, 0.5) is 0 Å². The number of para-hydroxylation sites is 1. The molecule has 0 unspecified atom stereocenters. The number of ether oxygens (including phenoxy) is 1. The molecular formula is C16H17Cl2NO. The van der Waals surface area contributed by atoms with Gasteiger partial charge < -0.3 is 10.1 Å². The van der Waals surface area contributed by atoms with Gasteiger partial charge in [-0.25, -0.2) is 0 Å². The highest BCUT2D eigenvalue weighted by Gasteiger charge is 2.30. The number of hydrogen-bond donors (Lipinski definition) is 1. The van der Waals surface area contributed by atoms with Crippen LogP contribution in [0.1, 0.15) is 11.7 Å². The molecule has 2 nitrogen and oxygen atoms in total. The van der Waals surface area contributed by atoms with Crippen LogP contribution in [0.3, 0.4) is 0 Å². The molecule has 2 aromatic rings. The van der Waals surface area contributed by atoms with Crippen molar-refractivity contribution in [2.24, 2.45) is 5.92 Å². The van der Waals surface area contributed by atoms with Crippen molar-refractivity contribution in [2.45, 2.75) is 6.10 Å². The Kier molecular flexibility index (Phi) is 5.30. The van der Waals surface area contributed by atoms with Crippen molar-refractivity contribution in [3.8, 4) is 5.75 Å². The van der Waals surface area contributed by atoms with Crippen LogP contribution in [0.25, 0.3) is 0 Å². The smallest absolute Gasteiger partial charge is 0.129 e. The quantitative estimate of drug-likeness (QED) is 0.918. The Bertz CT molecular complexity index is 526. The minimum Gasteiger partial charge on any atom is -0.485 e. The third-order valence-corrected chi connectivity index (χ3v) is 3.70. The Morgan fingerprint density at radius 2 is 1.65 bits per heavy atom. The third kappa shape index (κ3) is 3.45. The summed E-state index contributed by atoms with van der Waals surface area (Å²) < 4.78 is 6.16. The number of hydrogen-bond acceptors (Lipinski definition) is 2. The van der Waals surface area contributed by atoms with Gasteiger partial charge >= 0.3 is 0 Å². The van der Waals surface area contributed by atoms with Gasteiger partial charge in [-0.3, -0.25) is 0 Å². The van der Waals surface area contributed by atoms with E-state index in [-0.39, 0.29) is 18.5 Å². The normalized spacial score (nSPS) is 15.8. The molecule has 1 fully saturated rings. The molecule has 0 aromatic heterocycles. The summed E-state index contributed by atoms with van der Waals surface area (Å²) in [5.41, 5.74) is 1.18. The summed E-state index contributed by atoms with van der Waals surface area (Å²) in [5.74, 6) is 1.43. The van der Waals surface area contributed by atoms with Crippen molar-refractivity contribution >= 4 is 24.0 Å². The molecule has 0 radical (unpaired) electrons. The van der Waals surface area contributed by atoms with Crippen molar-refractivity contribution in [1.29, 1.82) is 0 Å². The summed E-state index contributed by atoms with van der Waals surface area (Å²) >= 11 is 5.95. The van der Waals surface area contributed by atoms with Crippen molar-refractivity contribution in [2.75, 3.05) is 13.1 Å². The lowest BCUT2D eigenvalue weighted by Crippen LogP contribution is -2.46. The molecule has 106 valence electrons. The Morgan fingerprint density at radius 3 is 2.20 bits per heavy atom. The molecule has 1 aliphatic rings. The molecule has 4 heteroatoms. The Labute approximate surface area is 130 Å². The van der Waals surface area contributed by atoms with E-state index in [2.05, 4.69) is 5.32 Å². The second-order valence-electron chi connectivity index (χ2n) is 4.82. The standard InChI is InChI=1S/C16H16ClNO.ClH/c17-14-8-6-12(7-9-14)16(13-10-18-11-13)19-15-4-2-1-3-5-15;/h1-9,13,16,18H,10-11H2;1H/t16-;/m0./s1. The molecule has 1 heterocycles. The topological polar surface area (TPSA) is 21.3 Å². The lowest BCUT2D eigenvalue weighted by atomic mass is 9.91. The van der Waals surface area contributed by atoms with E-state index in [4.69, 9.17) is 16.3 Å². The highest BCUT2D eigenvalue weighted by molar-refractivity contribution is 6.30. The molecule has 1 aliphatic heterocycles. The fourth-order valence-electron chi connectivity index (χ4n) is 2.26. The maximum absolute atomic E-state index is 6.16. The molecule has 0 spiro atoms. The molecule has 0 amide bonds. The van der Waals surface area contributed by atoms with Gasteiger partial charge in [-0.2, -0.15) is 0 Å². The van der Waals surface area contributed by atoms with Crippen LogP contribution in [-0.2, 0) is 0 Å². The summed E-state index contributed by atoms with van der Waals surface area (Å²) in [6.07, 6.45) is 0.0842. The Balaban J connectivity index is 0.00000147. The average molecular weight is 310 g/mol. The van der Waals surface area contributed by atoms with E-state index in [0.717, 1.165) is 23.9 Å². The third-order valence-electron chi connectivity index (χ3n) is 3.45. The zero-order valence-electron chi connectivity index (χ0n) is 11.0. The maximum atomic E-state index is 6.16. The van der Waals surface area contributed by atoms with Gasteiger partial charge in [-0.15, -0.1) is 12.4 Å². The van der Waals surface area contributed by atoms with E-state index < -0.39 is 0 Å². The van der Waals surface area contributed by atoms with Crippen LogP contribution in [0.2, 0.25) is 5.02 Å². The number of halogens is 2. The number of rotatable bonds is 4. The van der Waals surface area contributed by atoms with Crippen molar-refractivity contribution in [1.82, 2.24) is 5.32 Å². The highest BCUT2D eigenvalue weighted by Crippen LogP contribution is 2.31. The molecule has 0 aliphatic carbocycles. The first kappa shape index (κ1) is 15.2. The monoisotopic (exact) mass is 309 g/mol. The van der Waals surface area contributed by atoms with Gasteiger partial charge in [-0.05, 0) is 29.8 Å². The Hall–Kier alpha value is -1.22. The summed E-state index contributed by atoms with van der Waals surface area (Å²) in [5, 5.41) is 4.06. The van der Waals surface area contributed by atoms with E-state index in [9.17, 15) is 0 Å². The first-order valence-corrected chi connectivity index (χ1v) is 6.88. The van der Waals surface area contributed by atoms with Gasteiger partial charge in [-0.1, -0.05) is 41.9 Å². The highest BCUT2D eigenvalue weighted by atomic mass is 35.5. The van der Waals surface area contributed by atoms with Gasteiger partial charge in [0, 0.05) is 24.0 Å². The number of nitrogens with one attached hydrogen (secondary N) is 1. The zero-order chi connectivity index (χ0) is 13.1. The van der Waals surface area contributed by atoms with E-state index >= 15 is 0 Å². The Morgan fingerprint density at radius 1 is 1.00 bits per heavy atom. The lowest BCUT2D eigenvalue weighted by Gasteiger charge is -2.35. The molecule has 0 bridgehead atoms. The lowest BCUT2D eigenvalue weighted by molar-refractivity contribution is 0.0993. The van der Waals surface area contributed by atoms with Gasteiger partial charge in [0.25, 0.3) is 0 Å². The van der Waals surface area contributed by atoms with Gasteiger partial charge in [0.15, 0.2) is 0 Å². The SMILES string of the molecule is Cl.Clc1ccc([C@H](Oc2ccccc2)C2CNC2)cc1. The van der Waals surface area contributed by atoms with E-state index in [1.807, 2.05) is 54.6 Å². The molecular weight excluding hydrogens is 293 g/mol. The van der Waals surface area contributed by atoms with Crippen molar-refractivity contribution in [3.63, 3.8) is 0 Å². The van der Waals surface area contributed by atoms with Crippen molar-refractivity contribution in [3.05, 3.63) is 65.2 Å². The van der Waals surface area contributed by atoms with Crippen LogP contribution in [0.5, 0.6) is 5.75 Å². The van der Waals surface area contributed by atoms with Gasteiger partial charge in [0.2, 0.25) is 0 Å². The second kappa shape index (κ2) is 6.98. The second-order valence-corrected chi connectivity index (χ2v) is 5.26. The van der Waals surface area contributed by atoms with Crippen LogP contribution >= 0.6 is 24.0 Å². The number of benzene rings is 2. The summed E-state index contributed by atoms with van der Waals surface area (Å²) in [4.78, 5) is 0. The predicted octanol–water partition coefficient (Wildman–Crippen LogP) is 4.10. The molecule has 20 heavy (non-hydrogen) atoms.